The number of para-hydroxylation sites is 1. The zero-order valence-electron chi connectivity index (χ0n) is 21.4. The number of rotatable bonds is 10. The molecule has 0 spiro atoms. The molecule has 0 bridgehead atoms. The number of nitrogens with zero attached hydrogens (tertiary/aromatic N) is 1. The first-order valence-corrected chi connectivity index (χ1v) is 13.2. The van der Waals surface area contributed by atoms with Crippen LogP contribution in [-0.4, -0.2) is 64.0 Å². The Morgan fingerprint density at radius 1 is 1.27 bits per heavy atom. The molecule has 0 unspecified atom stereocenters. The summed E-state index contributed by atoms with van der Waals surface area (Å²) in [6.45, 7) is 2.06. The highest BCUT2D eigenvalue weighted by molar-refractivity contribution is 7.49. The van der Waals surface area contributed by atoms with E-state index in [1.165, 1.54) is 31.2 Å². The SMILES string of the molecule is CC(C)OC(=O)[C@H](C)O[P@](=O)(OC[C@H]1O[C@@H](n2cc(F)c(=O)[nH]c2=O)[C@@](F)(C#CCF)[C@H]1O)Oc1ccccc1. The molecule has 218 valence electrons. The molecule has 0 radical (unpaired) electrons. The van der Waals surface area contributed by atoms with Crippen molar-refractivity contribution >= 4 is 13.8 Å². The molecule has 0 aliphatic carbocycles. The van der Waals surface area contributed by atoms with Crippen LogP contribution < -0.4 is 15.8 Å². The van der Waals surface area contributed by atoms with E-state index in [4.69, 9.17) is 23.0 Å². The molecule has 0 saturated carbocycles. The van der Waals surface area contributed by atoms with Crippen LogP contribution in [0.5, 0.6) is 5.75 Å². The van der Waals surface area contributed by atoms with Gasteiger partial charge in [-0.2, -0.15) is 4.39 Å². The van der Waals surface area contributed by atoms with Crippen LogP contribution in [0.15, 0.2) is 46.1 Å². The van der Waals surface area contributed by atoms with Crippen LogP contribution in [0.4, 0.5) is 13.2 Å². The third-order valence-corrected chi connectivity index (χ3v) is 6.77. The summed E-state index contributed by atoms with van der Waals surface area (Å²) in [6, 6.07) is 7.48. The lowest BCUT2D eigenvalue weighted by atomic mass is 9.96. The number of carbonyl (C=O) groups is 1. The van der Waals surface area contributed by atoms with Crippen molar-refractivity contribution in [3.05, 3.63) is 63.2 Å². The molecule has 2 aromatic rings. The van der Waals surface area contributed by atoms with Crippen LogP contribution in [0.2, 0.25) is 0 Å². The van der Waals surface area contributed by atoms with Crippen LogP contribution >= 0.6 is 7.82 Å². The van der Waals surface area contributed by atoms with Crippen LogP contribution in [-0.2, 0) is 27.9 Å². The molecule has 1 aliphatic rings. The minimum atomic E-state index is -4.74. The fourth-order valence-corrected chi connectivity index (χ4v) is 4.85. The second kappa shape index (κ2) is 12.8. The first-order chi connectivity index (χ1) is 18.8. The molecule has 0 amide bonds. The van der Waals surface area contributed by atoms with Crippen LogP contribution in [0, 0.1) is 17.7 Å². The summed E-state index contributed by atoms with van der Waals surface area (Å²) in [7, 11) is -4.74. The van der Waals surface area contributed by atoms with Gasteiger partial charge in [-0.05, 0) is 32.9 Å². The molecule has 1 fully saturated rings. The van der Waals surface area contributed by atoms with Gasteiger partial charge >= 0.3 is 19.5 Å². The maximum Gasteiger partial charge on any atom is 0.530 e. The Hall–Kier alpha value is -3.41. The smallest absolute Gasteiger partial charge is 0.461 e. The summed E-state index contributed by atoms with van der Waals surface area (Å²) in [5.74, 6) is 1.18. The quantitative estimate of drug-likeness (QED) is 0.239. The number of aromatic nitrogens is 2. The van der Waals surface area contributed by atoms with E-state index in [2.05, 4.69) is 0 Å². The van der Waals surface area contributed by atoms with E-state index >= 15 is 4.39 Å². The summed E-state index contributed by atoms with van der Waals surface area (Å²) in [6.07, 6.45) is -7.95. The number of nitrogens with one attached hydrogen (secondary N) is 1. The lowest BCUT2D eigenvalue weighted by Crippen LogP contribution is -2.45. The van der Waals surface area contributed by atoms with Gasteiger partial charge in [-0.3, -0.25) is 23.4 Å². The number of hydrogen-bond acceptors (Lipinski definition) is 10. The van der Waals surface area contributed by atoms with E-state index in [0.717, 1.165) is 0 Å². The summed E-state index contributed by atoms with van der Waals surface area (Å²) >= 11 is 0. The number of H-pyrrole nitrogens is 1. The number of phosphoric acid groups is 1. The number of carbonyl (C=O) groups excluding carboxylic acids is 1. The summed E-state index contributed by atoms with van der Waals surface area (Å²) < 4.78 is 82.7. The number of hydrogen-bond donors (Lipinski definition) is 2. The van der Waals surface area contributed by atoms with Gasteiger partial charge in [0.05, 0.1) is 18.9 Å². The van der Waals surface area contributed by atoms with E-state index < -0.39 is 80.5 Å². The van der Waals surface area contributed by atoms with Gasteiger partial charge in [0.2, 0.25) is 11.5 Å². The molecule has 2 N–H and O–H groups in total. The maximum atomic E-state index is 16.0. The van der Waals surface area contributed by atoms with Crippen molar-refractivity contribution in [2.75, 3.05) is 13.3 Å². The van der Waals surface area contributed by atoms with Gasteiger partial charge < -0.3 is 19.1 Å². The number of benzene rings is 1. The molecule has 1 saturated heterocycles. The molecule has 1 aromatic carbocycles. The highest BCUT2D eigenvalue weighted by Gasteiger charge is 2.58. The first kappa shape index (κ1) is 31.1. The van der Waals surface area contributed by atoms with Gasteiger partial charge in [-0.15, -0.1) is 0 Å². The number of aliphatic hydroxyl groups is 1. The van der Waals surface area contributed by atoms with Gasteiger partial charge in [0.1, 0.15) is 24.6 Å². The Bertz CT molecular complexity index is 1420. The largest absolute Gasteiger partial charge is 0.530 e. The van der Waals surface area contributed by atoms with Crippen molar-refractivity contribution in [3.63, 3.8) is 0 Å². The zero-order chi connectivity index (χ0) is 29.7. The van der Waals surface area contributed by atoms with Gasteiger partial charge in [0.15, 0.2) is 12.3 Å². The number of ether oxygens (including phenoxy) is 2. The third-order valence-electron chi connectivity index (χ3n) is 5.30. The standard InChI is InChI=1S/C24H26F3N2O10P/c1-14(2)36-21(32)15(3)38-40(34,39-16-8-5-4-6-9-16)35-13-18-19(30)24(27,10-7-11-25)22(37-18)29-12-17(26)20(31)28-23(29)33/h4-6,8-9,12,14-15,18-19,22,30H,11,13H2,1-3H3,(H,28,31,33)/t15-,18+,19-,22+,24+,40-/m0/s1. The van der Waals surface area contributed by atoms with Crippen molar-refractivity contribution < 1.29 is 50.7 Å². The Morgan fingerprint density at radius 3 is 2.58 bits per heavy atom. The van der Waals surface area contributed by atoms with Crippen molar-refractivity contribution in [2.45, 2.75) is 57.1 Å². The Morgan fingerprint density at radius 2 is 1.95 bits per heavy atom. The first-order valence-electron chi connectivity index (χ1n) is 11.8. The van der Waals surface area contributed by atoms with E-state index in [9.17, 15) is 32.8 Å². The fraction of sp³-hybridized carbons (Fsp3) is 0.458. The van der Waals surface area contributed by atoms with Crippen LogP contribution in [0.25, 0.3) is 0 Å². The summed E-state index contributed by atoms with van der Waals surface area (Å²) in [4.78, 5) is 37.5. The predicted molar refractivity (Wildman–Crippen MR) is 131 cm³/mol. The third kappa shape index (κ3) is 7.21. The van der Waals surface area contributed by atoms with E-state index in [0.29, 0.717) is 6.20 Å². The monoisotopic (exact) mass is 590 g/mol. The fourth-order valence-electron chi connectivity index (χ4n) is 3.51. The topological polar surface area (TPSA) is 155 Å². The Labute approximate surface area is 225 Å². The Balaban J connectivity index is 1.91. The highest BCUT2D eigenvalue weighted by atomic mass is 31.2. The lowest BCUT2D eigenvalue weighted by molar-refractivity contribution is -0.156. The minimum absolute atomic E-state index is 0.00931. The number of alkyl halides is 2. The Kier molecular flexibility index (Phi) is 9.99. The highest BCUT2D eigenvalue weighted by Crippen LogP contribution is 2.52. The molecular formula is C24H26F3N2O10P. The van der Waals surface area contributed by atoms with Crippen molar-refractivity contribution in [3.8, 4) is 17.6 Å². The molecule has 2 heterocycles. The molecule has 1 aromatic heterocycles. The van der Waals surface area contributed by atoms with Crippen LogP contribution in [0.3, 0.4) is 0 Å². The summed E-state index contributed by atoms with van der Waals surface area (Å²) in [5, 5.41) is 10.7. The second-order valence-electron chi connectivity index (χ2n) is 8.70. The van der Waals surface area contributed by atoms with E-state index in [1.807, 2.05) is 5.92 Å². The number of esters is 1. The lowest BCUT2D eigenvalue weighted by Gasteiger charge is -2.24. The van der Waals surface area contributed by atoms with Gasteiger partial charge in [-0.1, -0.05) is 30.0 Å². The molecular weight excluding hydrogens is 564 g/mol. The van der Waals surface area contributed by atoms with E-state index in [-0.39, 0.29) is 10.3 Å². The maximum absolute atomic E-state index is 16.0. The van der Waals surface area contributed by atoms with Gasteiger partial charge in [0.25, 0.3) is 5.56 Å². The summed E-state index contributed by atoms with van der Waals surface area (Å²) in [5.41, 5.74) is -5.96. The molecule has 1 aliphatic heterocycles. The minimum Gasteiger partial charge on any atom is -0.461 e. The number of phosphoric ester groups is 1. The molecule has 3 rings (SSSR count). The molecule has 16 heteroatoms. The average Bonchev–Trinajstić information content (AvgIpc) is 3.13. The van der Waals surface area contributed by atoms with Crippen molar-refractivity contribution in [1.82, 2.24) is 9.55 Å². The second-order valence-corrected chi connectivity index (χ2v) is 10.2. The van der Waals surface area contributed by atoms with E-state index in [1.54, 1.807) is 30.8 Å². The molecule has 12 nitrogen and oxygen atoms in total. The van der Waals surface area contributed by atoms with Crippen molar-refractivity contribution in [2.24, 2.45) is 0 Å². The normalized spacial score (nSPS) is 24.6. The average molecular weight is 590 g/mol. The van der Waals surface area contributed by atoms with Crippen LogP contribution in [0.1, 0.15) is 27.0 Å². The zero-order valence-corrected chi connectivity index (χ0v) is 22.3. The van der Waals surface area contributed by atoms with Gasteiger partial charge in [0, 0.05) is 0 Å². The molecule has 6 atom stereocenters. The van der Waals surface area contributed by atoms with Crippen molar-refractivity contribution in [1.29, 1.82) is 0 Å². The van der Waals surface area contributed by atoms with Gasteiger partial charge in [-0.25, -0.2) is 22.9 Å². The number of aliphatic hydroxyl groups excluding tert-OH is 1. The molecule has 40 heavy (non-hydrogen) atoms. The number of aromatic amines is 1. The number of halogens is 3. The predicted octanol–water partition coefficient (Wildman–Crippen LogP) is 2.18.